The minimum atomic E-state index is -0.899. The molecule has 3 atom stereocenters. The van der Waals surface area contributed by atoms with Crippen LogP contribution >= 0.6 is 0 Å². The standard InChI is InChI=1S/C15H25NO2/c1-12-13(2,17)7-6-8-14(12,11-16)15(18)9-4-3-5-10-15/h12,17-18H,3-10H2,1-2H3/t12-,13-,14-/m0/s1. The van der Waals surface area contributed by atoms with Gasteiger partial charge in [0.25, 0.3) is 0 Å². The summed E-state index contributed by atoms with van der Waals surface area (Å²) in [5, 5.41) is 31.2. The summed E-state index contributed by atoms with van der Waals surface area (Å²) in [5.41, 5.74) is -2.50. The van der Waals surface area contributed by atoms with Crippen LogP contribution in [0.2, 0.25) is 0 Å². The largest absolute Gasteiger partial charge is 0.390 e. The predicted octanol–water partition coefficient (Wildman–Crippen LogP) is 2.76. The lowest BCUT2D eigenvalue weighted by molar-refractivity contribution is -0.172. The van der Waals surface area contributed by atoms with Crippen LogP contribution in [0.5, 0.6) is 0 Å². The molecule has 0 saturated heterocycles. The van der Waals surface area contributed by atoms with E-state index < -0.39 is 16.6 Å². The van der Waals surface area contributed by atoms with E-state index in [1.807, 2.05) is 13.8 Å². The Morgan fingerprint density at radius 3 is 2.17 bits per heavy atom. The lowest BCUT2D eigenvalue weighted by Gasteiger charge is -2.54. The van der Waals surface area contributed by atoms with E-state index in [9.17, 15) is 15.5 Å². The first-order valence-corrected chi connectivity index (χ1v) is 7.24. The zero-order valence-corrected chi connectivity index (χ0v) is 11.6. The zero-order chi connectivity index (χ0) is 13.4. The molecule has 0 aliphatic heterocycles. The van der Waals surface area contributed by atoms with Gasteiger partial charge in [0.2, 0.25) is 0 Å². The Kier molecular flexibility index (Phi) is 3.46. The van der Waals surface area contributed by atoms with E-state index in [0.29, 0.717) is 12.8 Å². The maximum absolute atomic E-state index is 11.0. The van der Waals surface area contributed by atoms with E-state index >= 15 is 0 Å². The van der Waals surface area contributed by atoms with Gasteiger partial charge in [0.1, 0.15) is 0 Å². The van der Waals surface area contributed by atoms with Crippen molar-refractivity contribution in [2.24, 2.45) is 11.3 Å². The number of aliphatic hydroxyl groups is 2. The number of hydrogen-bond acceptors (Lipinski definition) is 3. The topological polar surface area (TPSA) is 64.2 Å². The van der Waals surface area contributed by atoms with Crippen molar-refractivity contribution in [2.75, 3.05) is 0 Å². The molecule has 0 heterocycles. The summed E-state index contributed by atoms with van der Waals surface area (Å²) in [6.45, 7) is 3.75. The molecule has 0 aromatic heterocycles. The molecule has 0 aromatic rings. The van der Waals surface area contributed by atoms with Crippen LogP contribution in [0.4, 0.5) is 0 Å². The van der Waals surface area contributed by atoms with Gasteiger partial charge in [-0.05, 0) is 39.0 Å². The third-order valence-corrected chi connectivity index (χ3v) is 5.64. The van der Waals surface area contributed by atoms with Crippen molar-refractivity contribution in [3.8, 4) is 6.07 Å². The van der Waals surface area contributed by atoms with Gasteiger partial charge in [0, 0.05) is 5.92 Å². The summed E-state index contributed by atoms with van der Waals surface area (Å²) >= 11 is 0. The molecule has 0 radical (unpaired) electrons. The molecule has 18 heavy (non-hydrogen) atoms. The second-order valence-electron chi connectivity index (χ2n) is 6.61. The summed E-state index contributed by atoms with van der Waals surface area (Å²) in [6, 6.07) is 2.42. The van der Waals surface area contributed by atoms with Crippen LogP contribution in [0.25, 0.3) is 0 Å². The molecule has 2 rings (SSSR count). The lowest BCUT2D eigenvalue weighted by atomic mass is 9.52. The average Bonchev–Trinajstić information content (AvgIpc) is 2.33. The van der Waals surface area contributed by atoms with Gasteiger partial charge in [-0.15, -0.1) is 0 Å². The normalized spacial score (nSPS) is 44.3. The highest BCUT2D eigenvalue weighted by molar-refractivity contribution is 5.18. The molecule has 3 nitrogen and oxygen atoms in total. The number of rotatable bonds is 1. The molecule has 2 aliphatic rings. The predicted molar refractivity (Wildman–Crippen MR) is 69.7 cm³/mol. The number of hydrogen-bond donors (Lipinski definition) is 2. The van der Waals surface area contributed by atoms with Crippen LogP contribution in [0.15, 0.2) is 0 Å². The van der Waals surface area contributed by atoms with Crippen LogP contribution in [0.3, 0.4) is 0 Å². The van der Waals surface area contributed by atoms with E-state index in [1.54, 1.807) is 0 Å². The van der Waals surface area contributed by atoms with E-state index in [4.69, 9.17) is 0 Å². The van der Waals surface area contributed by atoms with Crippen molar-refractivity contribution in [2.45, 2.75) is 76.4 Å². The van der Waals surface area contributed by atoms with Crippen LogP contribution in [-0.2, 0) is 0 Å². The number of nitriles is 1. The fraction of sp³-hybridized carbons (Fsp3) is 0.933. The van der Waals surface area contributed by atoms with E-state index in [1.165, 1.54) is 0 Å². The molecule has 2 fully saturated rings. The van der Waals surface area contributed by atoms with Crippen molar-refractivity contribution in [1.82, 2.24) is 0 Å². The van der Waals surface area contributed by atoms with E-state index in [2.05, 4.69) is 6.07 Å². The molecular formula is C15H25NO2. The monoisotopic (exact) mass is 251 g/mol. The summed E-state index contributed by atoms with van der Waals surface area (Å²) in [6.07, 6.45) is 6.83. The molecule has 0 unspecified atom stereocenters. The third-order valence-electron chi connectivity index (χ3n) is 5.64. The van der Waals surface area contributed by atoms with Gasteiger partial charge in [-0.2, -0.15) is 5.26 Å². The second-order valence-corrected chi connectivity index (χ2v) is 6.61. The Labute approximate surface area is 110 Å². The quantitative estimate of drug-likeness (QED) is 0.753. The zero-order valence-electron chi connectivity index (χ0n) is 11.6. The Morgan fingerprint density at radius 2 is 1.61 bits per heavy atom. The van der Waals surface area contributed by atoms with Crippen LogP contribution in [0.1, 0.15) is 65.2 Å². The highest BCUT2D eigenvalue weighted by atomic mass is 16.3. The first kappa shape index (κ1) is 13.8. The molecule has 2 N–H and O–H groups in total. The van der Waals surface area contributed by atoms with Gasteiger partial charge in [-0.25, -0.2) is 0 Å². The third kappa shape index (κ3) is 1.87. The average molecular weight is 251 g/mol. The van der Waals surface area contributed by atoms with Gasteiger partial charge < -0.3 is 10.2 Å². The molecule has 2 saturated carbocycles. The van der Waals surface area contributed by atoms with Gasteiger partial charge >= 0.3 is 0 Å². The Hall–Kier alpha value is -0.590. The van der Waals surface area contributed by atoms with Crippen LogP contribution in [-0.4, -0.2) is 21.4 Å². The molecule has 0 bridgehead atoms. The lowest BCUT2D eigenvalue weighted by Crippen LogP contribution is -2.59. The Bertz CT molecular complexity index is 352. The molecule has 0 amide bonds. The maximum Gasteiger partial charge on any atom is 0.0912 e. The van der Waals surface area contributed by atoms with Crippen LogP contribution < -0.4 is 0 Å². The molecular weight excluding hydrogens is 226 g/mol. The van der Waals surface area contributed by atoms with E-state index in [-0.39, 0.29) is 5.92 Å². The first-order chi connectivity index (χ1) is 8.38. The molecule has 2 aliphatic carbocycles. The molecule has 3 heteroatoms. The highest BCUT2D eigenvalue weighted by Crippen LogP contribution is 2.56. The molecule has 102 valence electrons. The van der Waals surface area contributed by atoms with Gasteiger partial charge in [-0.1, -0.05) is 26.2 Å². The van der Waals surface area contributed by atoms with Crippen LogP contribution in [0, 0.1) is 22.7 Å². The van der Waals surface area contributed by atoms with Gasteiger partial charge in [-0.3, -0.25) is 0 Å². The Morgan fingerprint density at radius 1 is 1.00 bits per heavy atom. The SMILES string of the molecule is C[C@H]1[C@@](C)(O)CCC[C@@]1(C#N)C1(O)CCCCC1. The fourth-order valence-corrected chi connectivity index (χ4v) is 4.16. The second kappa shape index (κ2) is 4.51. The minimum Gasteiger partial charge on any atom is -0.390 e. The smallest absolute Gasteiger partial charge is 0.0912 e. The molecule has 0 aromatic carbocycles. The van der Waals surface area contributed by atoms with Gasteiger partial charge in [0.15, 0.2) is 0 Å². The summed E-state index contributed by atoms with van der Waals surface area (Å²) in [7, 11) is 0. The first-order valence-electron chi connectivity index (χ1n) is 7.24. The number of nitrogens with zero attached hydrogens (tertiary/aromatic N) is 1. The summed E-state index contributed by atoms with van der Waals surface area (Å²) < 4.78 is 0. The highest BCUT2D eigenvalue weighted by Gasteiger charge is 2.59. The van der Waals surface area contributed by atoms with Gasteiger partial charge in [0.05, 0.1) is 22.7 Å². The Balaban J connectivity index is 2.38. The minimum absolute atomic E-state index is 0.174. The van der Waals surface area contributed by atoms with E-state index in [0.717, 1.165) is 38.5 Å². The summed E-state index contributed by atoms with van der Waals surface area (Å²) in [4.78, 5) is 0. The van der Waals surface area contributed by atoms with Crippen molar-refractivity contribution in [1.29, 1.82) is 5.26 Å². The van der Waals surface area contributed by atoms with Crippen molar-refractivity contribution < 1.29 is 10.2 Å². The fourth-order valence-electron chi connectivity index (χ4n) is 4.16. The maximum atomic E-state index is 11.0. The molecule has 0 spiro atoms. The van der Waals surface area contributed by atoms with Crippen molar-refractivity contribution in [3.05, 3.63) is 0 Å². The van der Waals surface area contributed by atoms with Crippen molar-refractivity contribution in [3.63, 3.8) is 0 Å². The van der Waals surface area contributed by atoms with Crippen molar-refractivity contribution >= 4 is 0 Å². The summed E-state index contributed by atoms with van der Waals surface area (Å²) in [5.74, 6) is -0.174.